The average molecular weight is 331 g/mol. The summed E-state index contributed by atoms with van der Waals surface area (Å²) in [6.07, 6.45) is 8.99. The Labute approximate surface area is 142 Å². The first-order chi connectivity index (χ1) is 11.7. The smallest absolute Gasteiger partial charge is 0.274 e. The molecule has 0 spiro atoms. The third kappa shape index (κ3) is 3.44. The van der Waals surface area contributed by atoms with Gasteiger partial charge in [0.2, 0.25) is 0 Å². The van der Waals surface area contributed by atoms with Crippen molar-refractivity contribution in [1.29, 1.82) is 0 Å². The minimum atomic E-state index is -0.0259. The lowest BCUT2D eigenvalue weighted by Crippen LogP contribution is -2.46. The van der Waals surface area contributed by atoms with Gasteiger partial charge in [0.1, 0.15) is 5.69 Å². The molecule has 3 heterocycles. The molecule has 4 rings (SSSR count). The van der Waals surface area contributed by atoms with Gasteiger partial charge in [0.15, 0.2) is 0 Å². The predicted octanol–water partition coefficient (Wildman–Crippen LogP) is 1.97. The molecular formula is C18H25N3O3. The summed E-state index contributed by atoms with van der Waals surface area (Å²) in [6.45, 7) is 4.18. The summed E-state index contributed by atoms with van der Waals surface area (Å²) in [7, 11) is 0. The van der Waals surface area contributed by atoms with Crippen LogP contribution in [0.15, 0.2) is 12.4 Å². The van der Waals surface area contributed by atoms with Crippen molar-refractivity contribution in [2.45, 2.75) is 57.3 Å². The van der Waals surface area contributed by atoms with Crippen LogP contribution in [0.25, 0.3) is 0 Å². The monoisotopic (exact) mass is 331 g/mol. The normalized spacial score (nSPS) is 29.5. The Bertz CT molecular complexity index is 588. The fourth-order valence-electron chi connectivity index (χ4n) is 3.67. The number of fused-ring (bicyclic) bond motifs is 1. The van der Waals surface area contributed by atoms with E-state index in [0.29, 0.717) is 12.3 Å². The van der Waals surface area contributed by atoms with Crippen LogP contribution in [-0.2, 0) is 9.47 Å². The maximum atomic E-state index is 12.7. The third-order valence-electron chi connectivity index (χ3n) is 5.25. The molecule has 1 amide bonds. The quantitative estimate of drug-likeness (QED) is 0.825. The molecule has 0 N–H and O–H groups in total. The van der Waals surface area contributed by atoms with E-state index in [4.69, 9.17) is 9.47 Å². The molecular weight excluding hydrogens is 306 g/mol. The minimum Gasteiger partial charge on any atom is -0.378 e. The van der Waals surface area contributed by atoms with Crippen LogP contribution in [0.2, 0.25) is 0 Å². The van der Waals surface area contributed by atoms with Gasteiger partial charge in [-0.15, -0.1) is 0 Å². The molecule has 1 saturated carbocycles. The number of hydrogen-bond donors (Lipinski definition) is 0. The fraction of sp³-hybridized carbons (Fsp3) is 0.722. The van der Waals surface area contributed by atoms with E-state index in [0.717, 1.165) is 44.0 Å². The highest BCUT2D eigenvalue weighted by atomic mass is 16.5. The first-order valence-corrected chi connectivity index (χ1v) is 9.03. The standard InChI is InChI=1S/C18H25N3O3/c1-12-8-20-15(9-19-12)18(22)21-7-6-17-16(21)5-4-14(24-17)11-23-10-13-2-3-13/h8-9,13-14,16-17H,2-7,10-11H2,1H3/t14-,16-,17-/m0/s1. The molecule has 2 saturated heterocycles. The van der Waals surface area contributed by atoms with E-state index in [1.807, 2.05) is 11.8 Å². The van der Waals surface area contributed by atoms with Crippen molar-refractivity contribution in [2.75, 3.05) is 19.8 Å². The Kier molecular flexibility index (Phi) is 4.50. The number of hydrogen-bond acceptors (Lipinski definition) is 5. The van der Waals surface area contributed by atoms with Crippen molar-refractivity contribution in [3.05, 3.63) is 23.8 Å². The summed E-state index contributed by atoms with van der Waals surface area (Å²) in [5, 5.41) is 0. The number of amides is 1. The van der Waals surface area contributed by atoms with Gasteiger partial charge in [0, 0.05) is 19.3 Å². The lowest BCUT2D eigenvalue weighted by molar-refractivity contribution is -0.0973. The zero-order valence-electron chi connectivity index (χ0n) is 14.2. The van der Waals surface area contributed by atoms with Crippen LogP contribution in [0.5, 0.6) is 0 Å². The van der Waals surface area contributed by atoms with Crippen molar-refractivity contribution < 1.29 is 14.3 Å². The topological polar surface area (TPSA) is 64.6 Å². The predicted molar refractivity (Wildman–Crippen MR) is 87.6 cm³/mol. The van der Waals surface area contributed by atoms with E-state index >= 15 is 0 Å². The van der Waals surface area contributed by atoms with Gasteiger partial charge in [0.25, 0.3) is 5.91 Å². The van der Waals surface area contributed by atoms with E-state index in [9.17, 15) is 4.79 Å². The molecule has 0 bridgehead atoms. The van der Waals surface area contributed by atoms with E-state index in [2.05, 4.69) is 9.97 Å². The van der Waals surface area contributed by atoms with Crippen LogP contribution >= 0.6 is 0 Å². The zero-order chi connectivity index (χ0) is 16.5. The summed E-state index contributed by atoms with van der Waals surface area (Å²) in [4.78, 5) is 23.0. The molecule has 3 atom stereocenters. The molecule has 24 heavy (non-hydrogen) atoms. The molecule has 6 heteroatoms. The Balaban J connectivity index is 1.32. The lowest BCUT2D eigenvalue weighted by Gasteiger charge is -2.35. The van der Waals surface area contributed by atoms with Gasteiger partial charge in [-0.25, -0.2) is 4.98 Å². The average Bonchev–Trinajstić information content (AvgIpc) is 3.32. The van der Waals surface area contributed by atoms with Crippen molar-refractivity contribution in [3.8, 4) is 0 Å². The van der Waals surface area contributed by atoms with Gasteiger partial charge >= 0.3 is 0 Å². The van der Waals surface area contributed by atoms with Crippen molar-refractivity contribution in [3.63, 3.8) is 0 Å². The summed E-state index contributed by atoms with van der Waals surface area (Å²) >= 11 is 0. The highest BCUT2D eigenvalue weighted by molar-refractivity contribution is 5.92. The van der Waals surface area contributed by atoms with Gasteiger partial charge in [-0.05, 0) is 44.9 Å². The van der Waals surface area contributed by atoms with Crippen LogP contribution < -0.4 is 0 Å². The summed E-state index contributed by atoms with van der Waals surface area (Å²) < 4.78 is 12.0. The Hall–Kier alpha value is -1.53. The second-order valence-electron chi connectivity index (χ2n) is 7.25. The first kappa shape index (κ1) is 16.0. The van der Waals surface area contributed by atoms with Crippen LogP contribution in [0.1, 0.15) is 48.3 Å². The number of carbonyl (C=O) groups excluding carboxylic acids is 1. The summed E-state index contributed by atoms with van der Waals surface area (Å²) in [5.41, 5.74) is 1.25. The van der Waals surface area contributed by atoms with Gasteiger partial charge < -0.3 is 14.4 Å². The number of ether oxygens (including phenoxy) is 2. The van der Waals surface area contributed by atoms with Gasteiger partial charge in [-0.1, -0.05) is 0 Å². The molecule has 2 aliphatic heterocycles. The SMILES string of the molecule is Cc1cnc(C(=O)N2CC[C@@H]3O[C@H](COCC4CC4)CC[C@@H]32)cn1. The highest BCUT2D eigenvalue weighted by Gasteiger charge is 2.42. The fourth-order valence-corrected chi connectivity index (χ4v) is 3.67. The van der Waals surface area contributed by atoms with Crippen LogP contribution in [-0.4, -0.2) is 58.8 Å². The van der Waals surface area contributed by atoms with Crippen LogP contribution in [0.4, 0.5) is 0 Å². The molecule has 6 nitrogen and oxygen atoms in total. The Morgan fingerprint density at radius 3 is 2.83 bits per heavy atom. The van der Waals surface area contributed by atoms with Gasteiger partial charge in [0.05, 0.1) is 36.7 Å². The molecule has 0 radical (unpaired) electrons. The zero-order valence-corrected chi connectivity index (χ0v) is 14.2. The first-order valence-electron chi connectivity index (χ1n) is 9.03. The highest BCUT2D eigenvalue weighted by Crippen LogP contribution is 2.33. The molecule has 0 aromatic carbocycles. The van der Waals surface area contributed by atoms with Crippen LogP contribution in [0.3, 0.4) is 0 Å². The second-order valence-corrected chi connectivity index (χ2v) is 7.25. The maximum Gasteiger partial charge on any atom is 0.274 e. The number of nitrogens with zero attached hydrogens (tertiary/aromatic N) is 3. The number of rotatable bonds is 5. The molecule has 1 aromatic heterocycles. The maximum absolute atomic E-state index is 12.7. The number of aromatic nitrogens is 2. The Morgan fingerprint density at radius 2 is 2.08 bits per heavy atom. The second kappa shape index (κ2) is 6.76. The van der Waals surface area contributed by atoms with E-state index in [1.165, 1.54) is 12.8 Å². The van der Waals surface area contributed by atoms with Gasteiger partial charge in [-0.3, -0.25) is 9.78 Å². The largest absolute Gasteiger partial charge is 0.378 e. The number of carbonyl (C=O) groups is 1. The molecule has 3 aliphatic rings. The van der Waals surface area contributed by atoms with Crippen molar-refractivity contribution in [1.82, 2.24) is 14.9 Å². The van der Waals surface area contributed by atoms with E-state index in [1.54, 1.807) is 12.4 Å². The van der Waals surface area contributed by atoms with Crippen molar-refractivity contribution in [2.24, 2.45) is 5.92 Å². The molecule has 0 unspecified atom stereocenters. The Morgan fingerprint density at radius 1 is 1.21 bits per heavy atom. The molecule has 3 fully saturated rings. The van der Waals surface area contributed by atoms with Crippen molar-refractivity contribution >= 4 is 5.91 Å². The summed E-state index contributed by atoms with van der Waals surface area (Å²) in [5.74, 6) is 0.763. The number of likely N-dealkylation sites (tertiary alicyclic amines) is 1. The molecule has 130 valence electrons. The number of aryl methyl sites for hydroxylation is 1. The molecule has 1 aliphatic carbocycles. The lowest BCUT2D eigenvalue weighted by atomic mass is 9.99. The molecule has 1 aromatic rings. The van der Waals surface area contributed by atoms with E-state index in [-0.39, 0.29) is 24.2 Å². The van der Waals surface area contributed by atoms with Gasteiger partial charge in [-0.2, -0.15) is 0 Å². The third-order valence-corrected chi connectivity index (χ3v) is 5.25. The van der Waals surface area contributed by atoms with Crippen LogP contribution in [0, 0.1) is 12.8 Å². The summed E-state index contributed by atoms with van der Waals surface area (Å²) in [6, 6.07) is 0.167. The van der Waals surface area contributed by atoms with E-state index < -0.39 is 0 Å². The minimum absolute atomic E-state index is 0.0259.